The molecule has 0 atom stereocenters. The fourth-order valence-electron chi connectivity index (χ4n) is 3.48. The molecule has 30 heavy (non-hydrogen) atoms. The van der Waals surface area contributed by atoms with Crippen LogP contribution in [0.1, 0.15) is 18.4 Å². The molecule has 0 bridgehead atoms. The number of halogens is 2. The summed E-state index contributed by atoms with van der Waals surface area (Å²) in [5.74, 6) is 0.205. The molecule has 2 aliphatic rings. The summed E-state index contributed by atoms with van der Waals surface area (Å²) in [6, 6.07) is 4.58. The van der Waals surface area contributed by atoms with Gasteiger partial charge in [-0.05, 0) is 30.5 Å². The number of benzene rings is 1. The van der Waals surface area contributed by atoms with E-state index in [1.54, 1.807) is 20.2 Å². The molecule has 1 aliphatic carbocycles. The molecule has 1 saturated carbocycles. The predicted octanol–water partition coefficient (Wildman–Crippen LogP) is 1.47. The Bertz CT molecular complexity index is 764. The van der Waals surface area contributed by atoms with Crippen LogP contribution in [0.2, 0.25) is 5.02 Å². The monoisotopic (exact) mass is 439 g/mol. The van der Waals surface area contributed by atoms with Gasteiger partial charge in [0.1, 0.15) is 12.4 Å². The minimum Gasteiger partial charge on any atom is -0.379 e. The van der Waals surface area contributed by atoms with E-state index < -0.39 is 0 Å². The average Bonchev–Trinajstić information content (AvgIpc) is 3.50. The summed E-state index contributed by atoms with van der Waals surface area (Å²) in [7, 11) is 3.43. The van der Waals surface area contributed by atoms with Crippen molar-refractivity contribution in [1.29, 1.82) is 0 Å². The number of nitrogens with zero attached hydrogens (tertiary/aromatic N) is 3. The van der Waals surface area contributed by atoms with Gasteiger partial charge in [0, 0.05) is 57.3 Å². The molecule has 0 radical (unpaired) electrons. The van der Waals surface area contributed by atoms with Crippen LogP contribution in [0, 0.1) is 5.82 Å². The van der Waals surface area contributed by atoms with E-state index in [-0.39, 0.29) is 23.7 Å². The number of ether oxygens (including phenoxy) is 1. The molecular formula is C21H31ClFN5O2. The summed E-state index contributed by atoms with van der Waals surface area (Å²) in [5.41, 5.74) is 0.832. The van der Waals surface area contributed by atoms with Crippen LogP contribution in [0.5, 0.6) is 0 Å². The molecule has 1 heterocycles. The van der Waals surface area contributed by atoms with Crippen LogP contribution in [0.3, 0.4) is 0 Å². The number of morpholine rings is 1. The van der Waals surface area contributed by atoms with Crippen molar-refractivity contribution in [3.8, 4) is 0 Å². The lowest BCUT2D eigenvalue weighted by Gasteiger charge is -2.27. The van der Waals surface area contributed by atoms with Gasteiger partial charge in [-0.15, -0.1) is 0 Å². The molecule has 1 aliphatic heterocycles. The normalized spacial score (nSPS) is 18.7. The van der Waals surface area contributed by atoms with Crippen molar-refractivity contribution in [2.45, 2.75) is 18.3 Å². The third-order valence-corrected chi connectivity index (χ3v) is 5.96. The van der Waals surface area contributed by atoms with Crippen molar-refractivity contribution < 1.29 is 13.9 Å². The second-order valence-electron chi connectivity index (χ2n) is 8.09. The first-order valence-electron chi connectivity index (χ1n) is 10.4. The smallest absolute Gasteiger partial charge is 0.243 e. The second-order valence-corrected chi connectivity index (χ2v) is 8.50. The Balaban J connectivity index is 1.59. The number of hydrogen-bond acceptors (Lipinski definition) is 4. The molecule has 1 aromatic rings. The zero-order valence-corrected chi connectivity index (χ0v) is 18.5. The highest BCUT2D eigenvalue weighted by molar-refractivity contribution is 6.31. The van der Waals surface area contributed by atoms with Gasteiger partial charge >= 0.3 is 0 Å². The predicted molar refractivity (Wildman–Crippen MR) is 117 cm³/mol. The Kier molecular flexibility index (Phi) is 7.91. The van der Waals surface area contributed by atoms with Crippen LogP contribution in [0.15, 0.2) is 23.2 Å². The minimum absolute atomic E-state index is 0.0630. The zero-order chi connectivity index (χ0) is 21.6. The van der Waals surface area contributed by atoms with E-state index in [9.17, 15) is 9.18 Å². The number of aliphatic imine (C=N–C) groups is 1. The van der Waals surface area contributed by atoms with Gasteiger partial charge in [-0.25, -0.2) is 9.38 Å². The maximum absolute atomic E-state index is 13.4. The van der Waals surface area contributed by atoms with Crippen LogP contribution in [-0.2, 0) is 14.9 Å². The van der Waals surface area contributed by atoms with Crippen molar-refractivity contribution in [3.05, 3.63) is 34.6 Å². The number of amides is 1. The van der Waals surface area contributed by atoms with Gasteiger partial charge in [-0.2, -0.15) is 0 Å². The summed E-state index contributed by atoms with van der Waals surface area (Å²) in [6.07, 6.45) is 1.95. The maximum Gasteiger partial charge on any atom is 0.243 e. The highest BCUT2D eigenvalue weighted by atomic mass is 35.5. The minimum atomic E-state index is -0.332. The van der Waals surface area contributed by atoms with E-state index in [1.165, 1.54) is 17.0 Å². The largest absolute Gasteiger partial charge is 0.379 e. The molecule has 2 N–H and O–H groups in total. The van der Waals surface area contributed by atoms with E-state index in [1.807, 2.05) is 0 Å². The number of carbonyl (C=O) groups is 1. The fourth-order valence-corrected chi connectivity index (χ4v) is 3.85. The van der Waals surface area contributed by atoms with Gasteiger partial charge in [-0.1, -0.05) is 17.7 Å². The fraction of sp³-hybridized carbons (Fsp3) is 0.619. The summed E-state index contributed by atoms with van der Waals surface area (Å²) in [5, 5.41) is 7.15. The molecule has 0 spiro atoms. The Morgan fingerprint density at radius 3 is 2.67 bits per heavy atom. The molecule has 9 heteroatoms. The van der Waals surface area contributed by atoms with Crippen LogP contribution >= 0.6 is 11.6 Å². The van der Waals surface area contributed by atoms with Crippen molar-refractivity contribution in [3.63, 3.8) is 0 Å². The molecule has 1 aromatic carbocycles. The highest BCUT2D eigenvalue weighted by Crippen LogP contribution is 2.50. The van der Waals surface area contributed by atoms with E-state index in [4.69, 9.17) is 16.3 Å². The number of hydrogen-bond donors (Lipinski definition) is 2. The van der Waals surface area contributed by atoms with Crippen molar-refractivity contribution in [2.24, 2.45) is 4.99 Å². The van der Waals surface area contributed by atoms with E-state index in [0.717, 1.165) is 51.3 Å². The Morgan fingerprint density at radius 1 is 1.30 bits per heavy atom. The first-order chi connectivity index (χ1) is 14.4. The average molecular weight is 440 g/mol. The molecule has 0 unspecified atom stereocenters. The first-order valence-corrected chi connectivity index (χ1v) is 10.8. The molecule has 7 nitrogen and oxygen atoms in total. The Hall–Kier alpha value is -1.90. The van der Waals surface area contributed by atoms with Gasteiger partial charge in [0.2, 0.25) is 5.91 Å². The number of nitrogens with one attached hydrogen (secondary N) is 2. The van der Waals surface area contributed by atoms with Gasteiger partial charge < -0.3 is 20.3 Å². The number of guanidine groups is 1. The van der Waals surface area contributed by atoms with Gasteiger partial charge in [0.05, 0.1) is 13.2 Å². The number of likely N-dealkylation sites (N-methyl/N-ethyl adjacent to an activating group) is 1. The molecule has 3 rings (SSSR count). The lowest BCUT2D eigenvalue weighted by atomic mass is 9.96. The summed E-state index contributed by atoms with van der Waals surface area (Å²) in [4.78, 5) is 20.3. The summed E-state index contributed by atoms with van der Waals surface area (Å²) >= 11 is 6.30. The quantitative estimate of drug-likeness (QED) is 0.474. The third-order valence-electron chi connectivity index (χ3n) is 5.65. The van der Waals surface area contributed by atoms with Crippen molar-refractivity contribution >= 4 is 23.5 Å². The molecular weight excluding hydrogens is 409 g/mol. The number of rotatable bonds is 8. The zero-order valence-electron chi connectivity index (χ0n) is 17.7. The van der Waals surface area contributed by atoms with E-state index in [2.05, 4.69) is 20.5 Å². The summed E-state index contributed by atoms with van der Waals surface area (Å²) < 4.78 is 18.8. The highest BCUT2D eigenvalue weighted by Gasteiger charge is 2.45. The lowest BCUT2D eigenvalue weighted by Crippen LogP contribution is -2.46. The first kappa shape index (κ1) is 22.8. The SMILES string of the molecule is CN(C)C(=O)CN=C(NCCN1CCOCC1)NCC1(c2ccc(F)cc2Cl)CC1. The second kappa shape index (κ2) is 10.4. The van der Waals surface area contributed by atoms with Gasteiger partial charge in [0.15, 0.2) is 5.96 Å². The van der Waals surface area contributed by atoms with Crippen LogP contribution in [-0.4, -0.2) is 88.2 Å². The molecule has 1 amide bonds. The molecule has 166 valence electrons. The Labute approximate surface area is 182 Å². The topological polar surface area (TPSA) is 69.2 Å². The standard InChI is InChI=1S/C21H31ClFN5O2/c1-27(2)19(29)14-25-20(24-7-8-28-9-11-30-12-10-28)26-15-21(5-6-21)17-4-3-16(23)13-18(17)22/h3-4,13H,5-12,14-15H2,1-2H3,(H2,24,25,26). The van der Waals surface area contributed by atoms with Crippen molar-refractivity contribution in [2.75, 3.05) is 66.6 Å². The van der Waals surface area contributed by atoms with Gasteiger partial charge in [0.25, 0.3) is 0 Å². The van der Waals surface area contributed by atoms with Crippen LogP contribution in [0.25, 0.3) is 0 Å². The lowest BCUT2D eigenvalue weighted by molar-refractivity contribution is -0.127. The maximum atomic E-state index is 13.4. The third kappa shape index (κ3) is 6.30. The van der Waals surface area contributed by atoms with Crippen LogP contribution < -0.4 is 10.6 Å². The van der Waals surface area contributed by atoms with Crippen molar-refractivity contribution in [1.82, 2.24) is 20.4 Å². The molecule has 2 fully saturated rings. The molecule has 0 aromatic heterocycles. The van der Waals surface area contributed by atoms with E-state index >= 15 is 0 Å². The Morgan fingerprint density at radius 2 is 2.03 bits per heavy atom. The number of carbonyl (C=O) groups excluding carboxylic acids is 1. The summed E-state index contributed by atoms with van der Waals surface area (Å²) in [6.45, 7) is 5.66. The van der Waals surface area contributed by atoms with Gasteiger partial charge in [-0.3, -0.25) is 9.69 Å². The van der Waals surface area contributed by atoms with E-state index in [0.29, 0.717) is 24.1 Å². The molecule has 1 saturated heterocycles. The van der Waals surface area contributed by atoms with Crippen LogP contribution in [0.4, 0.5) is 4.39 Å².